The van der Waals surface area contributed by atoms with E-state index in [1.807, 2.05) is 24.3 Å². The van der Waals surface area contributed by atoms with Gasteiger partial charge in [-0.2, -0.15) is 0 Å². The van der Waals surface area contributed by atoms with Crippen molar-refractivity contribution in [1.29, 1.82) is 0 Å². The zero-order valence-corrected chi connectivity index (χ0v) is 14.6. The standard InChI is InChI=1S/C19H22N6O/c26-18-19(24-15-4-2-1-3-14(15)23-18)6-9-25(10-7-19)17-13-5-8-20-11-16(13)21-12-22-17/h1-4,12,20,24H,5-11H2,(H,23,26). The number of anilines is 3. The van der Waals surface area contributed by atoms with Gasteiger partial charge in [0.1, 0.15) is 17.7 Å². The number of aromatic nitrogens is 2. The van der Waals surface area contributed by atoms with E-state index in [4.69, 9.17) is 0 Å². The normalized spacial score (nSPS) is 20.8. The van der Waals surface area contributed by atoms with Crippen molar-refractivity contribution in [3.63, 3.8) is 0 Å². The molecule has 2 aromatic rings. The van der Waals surface area contributed by atoms with Gasteiger partial charge in [-0.25, -0.2) is 9.97 Å². The first-order valence-electron chi connectivity index (χ1n) is 9.22. The van der Waals surface area contributed by atoms with Gasteiger partial charge in [0.2, 0.25) is 5.91 Å². The highest BCUT2D eigenvalue weighted by Gasteiger charge is 2.44. The number of hydrogen-bond donors (Lipinski definition) is 3. The predicted octanol–water partition coefficient (Wildman–Crippen LogP) is 1.53. The summed E-state index contributed by atoms with van der Waals surface area (Å²) in [6, 6.07) is 7.89. The molecule has 0 saturated carbocycles. The van der Waals surface area contributed by atoms with Crippen LogP contribution in [0.1, 0.15) is 24.1 Å². The topological polar surface area (TPSA) is 82.2 Å². The second-order valence-corrected chi connectivity index (χ2v) is 7.24. The molecule has 0 radical (unpaired) electrons. The number of hydrogen-bond acceptors (Lipinski definition) is 6. The number of para-hydroxylation sites is 2. The van der Waals surface area contributed by atoms with Crippen molar-refractivity contribution in [2.24, 2.45) is 0 Å². The first-order valence-corrected chi connectivity index (χ1v) is 9.22. The average molecular weight is 350 g/mol. The number of nitrogens with one attached hydrogen (secondary N) is 3. The zero-order valence-electron chi connectivity index (χ0n) is 14.6. The van der Waals surface area contributed by atoms with Crippen molar-refractivity contribution >= 4 is 23.1 Å². The van der Waals surface area contributed by atoms with Crippen LogP contribution >= 0.6 is 0 Å². The van der Waals surface area contributed by atoms with E-state index in [0.717, 1.165) is 68.3 Å². The summed E-state index contributed by atoms with van der Waals surface area (Å²) in [5.41, 5.74) is 3.70. The molecule has 7 nitrogen and oxygen atoms in total. The van der Waals surface area contributed by atoms with Gasteiger partial charge in [0.05, 0.1) is 17.1 Å². The first kappa shape index (κ1) is 15.6. The van der Waals surface area contributed by atoms with Crippen LogP contribution in [0.5, 0.6) is 0 Å². The third-order valence-corrected chi connectivity index (χ3v) is 5.76. The summed E-state index contributed by atoms with van der Waals surface area (Å²) >= 11 is 0. The molecule has 0 unspecified atom stereocenters. The van der Waals surface area contributed by atoms with Gasteiger partial charge in [-0.1, -0.05) is 12.1 Å². The number of nitrogens with zero attached hydrogens (tertiary/aromatic N) is 3. The maximum absolute atomic E-state index is 12.8. The fraction of sp³-hybridized carbons (Fsp3) is 0.421. The quantitative estimate of drug-likeness (QED) is 0.724. The van der Waals surface area contributed by atoms with Crippen molar-refractivity contribution in [2.75, 3.05) is 35.2 Å². The Labute approximate surface area is 152 Å². The van der Waals surface area contributed by atoms with Gasteiger partial charge in [0, 0.05) is 25.2 Å². The molecule has 5 rings (SSSR count). The Morgan fingerprint density at radius 1 is 1.08 bits per heavy atom. The van der Waals surface area contributed by atoms with Gasteiger partial charge in [0.25, 0.3) is 0 Å². The molecule has 1 aromatic carbocycles. The smallest absolute Gasteiger partial charge is 0.250 e. The number of carbonyl (C=O) groups is 1. The Morgan fingerprint density at radius 3 is 2.73 bits per heavy atom. The van der Waals surface area contributed by atoms with E-state index >= 15 is 0 Å². The largest absolute Gasteiger partial charge is 0.369 e. The number of carbonyl (C=O) groups excluding carboxylic acids is 1. The fourth-order valence-electron chi connectivity index (χ4n) is 4.25. The summed E-state index contributed by atoms with van der Waals surface area (Å²) in [6.07, 6.45) is 4.13. The Balaban J connectivity index is 1.38. The minimum Gasteiger partial charge on any atom is -0.369 e. The highest BCUT2D eigenvalue weighted by Crippen LogP contribution is 2.37. The van der Waals surface area contributed by atoms with Crippen LogP contribution in [0, 0.1) is 0 Å². The van der Waals surface area contributed by atoms with Gasteiger partial charge >= 0.3 is 0 Å². The van der Waals surface area contributed by atoms with Gasteiger partial charge in [-0.15, -0.1) is 0 Å². The van der Waals surface area contributed by atoms with Gasteiger partial charge < -0.3 is 20.9 Å². The van der Waals surface area contributed by atoms with Crippen molar-refractivity contribution in [3.05, 3.63) is 41.9 Å². The molecule has 1 aromatic heterocycles. The van der Waals surface area contributed by atoms with Crippen LogP contribution in [0.2, 0.25) is 0 Å². The molecule has 0 aliphatic carbocycles. The zero-order chi connectivity index (χ0) is 17.6. The van der Waals surface area contributed by atoms with Crippen molar-refractivity contribution < 1.29 is 4.79 Å². The fourth-order valence-corrected chi connectivity index (χ4v) is 4.25. The van der Waals surface area contributed by atoms with Gasteiger partial charge in [0.15, 0.2) is 0 Å². The molecule has 1 fully saturated rings. The van der Waals surface area contributed by atoms with Gasteiger partial charge in [-0.05, 0) is 37.9 Å². The summed E-state index contributed by atoms with van der Waals surface area (Å²) in [5, 5.41) is 9.95. The van der Waals surface area contributed by atoms with E-state index in [1.54, 1.807) is 6.33 Å². The Kier molecular flexibility index (Phi) is 3.56. The number of fused-ring (bicyclic) bond motifs is 2. The van der Waals surface area contributed by atoms with Crippen molar-refractivity contribution in [2.45, 2.75) is 31.3 Å². The monoisotopic (exact) mass is 350 g/mol. The molecular weight excluding hydrogens is 328 g/mol. The molecule has 0 atom stereocenters. The lowest BCUT2D eigenvalue weighted by Crippen LogP contribution is -2.58. The lowest BCUT2D eigenvalue weighted by molar-refractivity contribution is -0.121. The van der Waals surface area contributed by atoms with Crippen LogP contribution < -0.4 is 20.9 Å². The number of rotatable bonds is 1. The lowest BCUT2D eigenvalue weighted by atomic mass is 9.84. The van der Waals surface area contributed by atoms with Crippen LogP contribution in [0.4, 0.5) is 17.2 Å². The summed E-state index contributed by atoms with van der Waals surface area (Å²) in [7, 11) is 0. The highest BCUT2D eigenvalue weighted by atomic mass is 16.2. The Hall–Kier alpha value is -2.67. The van der Waals surface area contributed by atoms with Crippen LogP contribution in [0.3, 0.4) is 0 Å². The maximum Gasteiger partial charge on any atom is 0.250 e. The van der Waals surface area contributed by atoms with Crippen LogP contribution in [-0.4, -0.2) is 41.0 Å². The SMILES string of the molecule is O=C1Nc2ccccc2NC12CCN(c1ncnc3c1CCNC3)CC2. The first-order chi connectivity index (χ1) is 12.8. The van der Waals surface area contributed by atoms with Crippen molar-refractivity contribution in [1.82, 2.24) is 15.3 Å². The molecule has 1 saturated heterocycles. The minimum absolute atomic E-state index is 0.0739. The third-order valence-electron chi connectivity index (χ3n) is 5.76. The molecule has 134 valence electrons. The van der Waals surface area contributed by atoms with Crippen LogP contribution in [0.15, 0.2) is 30.6 Å². The molecule has 1 spiro atoms. The molecular formula is C19H22N6O. The van der Waals surface area contributed by atoms with E-state index in [1.165, 1.54) is 5.56 Å². The van der Waals surface area contributed by atoms with Crippen LogP contribution in [0.25, 0.3) is 0 Å². The molecule has 7 heteroatoms. The molecule has 3 aliphatic rings. The minimum atomic E-state index is -0.528. The Morgan fingerprint density at radius 2 is 1.88 bits per heavy atom. The van der Waals surface area contributed by atoms with E-state index in [9.17, 15) is 4.79 Å². The summed E-state index contributed by atoms with van der Waals surface area (Å²) in [4.78, 5) is 24.1. The average Bonchev–Trinajstić information content (AvgIpc) is 2.69. The summed E-state index contributed by atoms with van der Waals surface area (Å²) < 4.78 is 0. The number of benzene rings is 1. The predicted molar refractivity (Wildman–Crippen MR) is 100 cm³/mol. The molecule has 0 bridgehead atoms. The third kappa shape index (κ3) is 2.42. The highest BCUT2D eigenvalue weighted by molar-refractivity contribution is 6.06. The number of amides is 1. The molecule has 26 heavy (non-hydrogen) atoms. The van der Waals surface area contributed by atoms with Crippen LogP contribution in [-0.2, 0) is 17.8 Å². The molecule has 3 aliphatic heterocycles. The molecule has 3 N–H and O–H groups in total. The maximum atomic E-state index is 12.8. The van der Waals surface area contributed by atoms with Gasteiger partial charge in [-0.3, -0.25) is 4.79 Å². The molecule has 1 amide bonds. The number of piperidine rings is 1. The lowest BCUT2D eigenvalue weighted by Gasteiger charge is -2.45. The second kappa shape index (κ2) is 5.95. The molecule has 4 heterocycles. The van der Waals surface area contributed by atoms with E-state index < -0.39 is 5.54 Å². The van der Waals surface area contributed by atoms with E-state index in [-0.39, 0.29) is 5.91 Å². The van der Waals surface area contributed by atoms with E-state index in [2.05, 4.69) is 30.8 Å². The van der Waals surface area contributed by atoms with E-state index in [0.29, 0.717) is 0 Å². The summed E-state index contributed by atoms with van der Waals surface area (Å²) in [5.74, 6) is 1.12. The summed E-state index contributed by atoms with van der Waals surface area (Å²) in [6.45, 7) is 3.38. The second-order valence-electron chi connectivity index (χ2n) is 7.24. The Bertz CT molecular complexity index is 859. The van der Waals surface area contributed by atoms with Crippen molar-refractivity contribution in [3.8, 4) is 0 Å².